The molecule has 0 saturated carbocycles. The number of carbonyl (C=O) groups is 2. The van der Waals surface area contributed by atoms with Crippen molar-refractivity contribution in [2.24, 2.45) is 0 Å². The van der Waals surface area contributed by atoms with Crippen molar-refractivity contribution in [1.29, 1.82) is 0 Å². The molecule has 1 aliphatic carbocycles. The molecule has 1 N–H and O–H groups in total. The molecule has 1 fully saturated rings. The van der Waals surface area contributed by atoms with E-state index in [1.807, 2.05) is 24.3 Å². The normalized spacial score (nSPS) is 15.1. The Balaban J connectivity index is 1.39. The summed E-state index contributed by atoms with van der Waals surface area (Å²) in [6.07, 6.45) is 0.493. The number of hydrogen-bond acceptors (Lipinski definition) is 3. The zero-order valence-electron chi connectivity index (χ0n) is 13.9. The molecule has 2 aromatic carbocycles. The molecular weight excluding hydrogens is 316 g/mol. The minimum Gasteiger partial charge on any atom is -0.449 e. The lowest BCUT2D eigenvalue weighted by Crippen LogP contribution is -2.47. The Bertz CT molecular complexity index is 769. The first-order valence-electron chi connectivity index (χ1n) is 8.60. The first-order chi connectivity index (χ1) is 12.2. The Kier molecular flexibility index (Phi) is 4.14. The first-order valence-corrected chi connectivity index (χ1v) is 8.60. The fourth-order valence-corrected chi connectivity index (χ4v) is 3.47. The molecule has 25 heavy (non-hydrogen) atoms. The van der Waals surface area contributed by atoms with Gasteiger partial charge in [0.2, 0.25) is 5.91 Å². The molecule has 128 valence electrons. The van der Waals surface area contributed by atoms with Gasteiger partial charge in [-0.15, -0.1) is 0 Å². The van der Waals surface area contributed by atoms with Crippen molar-refractivity contribution in [3.8, 4) is 11.1 Å². The predicted molar refractivity (Wildman–Crippen MR) is 94.3 cm³/mol. The smallest absolute Gasteiger partial charge is 0.407 e. The maximum absolute atomic E-state index is 12.0. The van der Waals surface area contributed by atoms with Gasteiger partial charge in [-0.3, -0.25) is 4.79 Å². The number of fused-ring (bicyclic) bond motifs is 3. The lowest BCUT2D eigenvalue weighted by Gasteiger charge is -2.30. The summed E-state index contributed by atoms with van der Waals surface area (Å²) in [5.74, 6) is -0.0241. The van der Waals surface area contributed by atoms with Crippen molar-refractivity contribution in [2.45, 2.75) is 12.3 Å². The Morgan fingerprint density at radius 3 is 2.16 bits per heavy atom. The number of amides is 2. The summed E-state index contributed by atoms with van der Waals surface area (Å²) in [5, 5.41) is 2.55. The van der Waals surface area contributed by atoms with Crippen molar-refractivity contribution < 1.29 is 14.3 Å². The molecule has 2 amide bonds. The highest BCUT2D eigenvalue weighted by molar-refractivity contribution is 5.83. The van der Waals surface area contributed by atoms with Gasteiger partial charge in [0.15, 0.2) is 0 Å². The molecule has 1 heterocycles. The zero-order valence-corrected chi connectivity index (χ0v) is 13.9. The highest BCUT2D eigenvalue weighted by atomic mass is 16.5. The van der Waals surface area contributed by atoms with Crippen molar-refractivity contribution >= 4 is 12.0 Å². The number of ether oxygens (including phenoxy) is 1. The summed E-state index contributed by atoms with van der Waals surface area (Å²) in [7, 11) is 0. The molecule has 0 aromatic heterocycles. The van der Waals surface area contributed by atoms with Crippen LogP contribution in [-0.4, -0.2) is 43.1 Å². The van der Waals surface area contributed by atoms with Crippen molar-refractivity contribution in [2.75, 3.05) is 26.2 Å². The van der Waals surface area contributed by atoms with Crippen LogP contribution in [0.1, 0.15) is 23.5 Å². The second-order valence-corrected chi connectivity index (χ2v) is 6.41. The van der Waals surface area contributed by atoms with Crippen LogP contribution in [0.3, 0.4) is 0 Å². The van der Waals surface area contributed by atoms with Gasteiger partial charge in [0, 0.05) is 19.0 Å². The highest BCUT2D eigenvalue weighted by Gasteiger charge is 2.29. The van der Waals surface area contributed by atoms with Crippen LogP contribution in [0.2, 0.25) is 0 Å². The molecule has 0 spiro atoms. The summed E-state index contributed by atoms with van der Waals surface area (Å²) < 4.78 is 5.40. The van der Waals surface area contributed by atoms with Gasteiger partial charge in [0.25, 0.3) is 0 Å². The summed E-state index contributed by atoms with van der Waals surface area (Å²) in [4.78, 5) is 25.5. The number of nitrogens with one attached hydrogen (secondary N) is 1. The molecule has 1 saturated heterocycles. The number of hydrogen-bond donors (Lipinski definition) is 1. The van der Waals surface area contributed by atoms with E-state index in [4.69, 9.17) is 4.74 Å². The minimum absolute atomic E-state index is 0.00330. The van der Waals surface area contributed by atoms with E-state index in [0.717, 1.165) is 19.5 Å². The Morgan fingerprint density at radius 1 is 1.00 bits per heavy atom. The summed E-state index contributed by atoms with van der Waals surface area (Å²) in [6, 6.07) is 16.4. The maximum Gasteiger partial charge on any atom is 0.407 e. The second kappa shape index (κ2) is 6.59. The monoisotopic (exact) mass is 336 g/mol. The molecule has 2 aromatic rings. The number of nitrogens with zero attached hydrogens (tertiary/aromatic N) is 1. The predicted octanol–water partition coefficient (Wildman–Crippen LogP) is 2.76. The molecule has 5 heteroatoms. The standard InChI is InChI=1S/C20H20N2O3/c23-19(22-10-5-11-22)12-21-20(24)25-13-18-16-8-3-1-6-14(16)15-7-2-4-9-17(15)18/h1-4,6-9,18H,5,10-13H2,(H,21,24). The van der Waals surface area contributed by atoms with E-state index in [0.29, 0.717) is 0 Å². The fraction of sp³-hybridized carbons (Fsp3) is 0.300. The van der Waals surface area contributed by atoms with E-state index >= 15 is 0 Å². The van der Waals surface area contributed by atoms with E-state index in [9.17, 15) is 9.59 Å². The molecule has 0 bridgehead atoms. The van der Waals surface area contributed by atoms with E-state index in [-0.39, 0.29) is 25.0 Å². The molecule has 0 radical (unpaired) electrons. The first kappa shape index (κ1) is 15.7. The van der Waals surface area contributed by atoms with Gasteiger partial charge in [0.05, 0.1) is 0 Å². The Hall–Kier alpha value is -2.82. The number of likely N-dealkylation sites (tertiary alicyclic amines) is 1. The molecule has 4 rings (SSSR count). The Morgan fingerprint density at radius 2 is 1.60 bits per heavy atom. The number of benzene rings is 2. The average Bonchev–Trinajstić information content (AvgIpc) is 2.91. The van der Waals surface area contributed by atoms with Gasteiger partial charge in [0.1, 0.15) is 13.2 Å². The summed E-state index contributed by atoms with van der Waals surface area (Å²) in [5.41, 5.74) is 4.74. The van der Waals surface area contributed by atoms with Gasteiger partial charge in [-0.25, -0.2) is 4.79 Å². The lowest BCUT2D eigenvalue weighted by atomic mass is 9.98. The number of alkyl carbamates (subject to hydrolysis) is 1. The second-order valence-electron chi connectivity index (χ2n) is 6.41. The van der Waals surface area contributed by atoms with Crippen molar-refractivity contribution in [1.82, 2.24) is 10.2 Å². The number of carbonyl (C=O) groups excluding carboxylic acids is 2. The molecule has 5 nitrogen and oxygen atoms in total. The van der Waals surface area contributed by atoms with E-state index in [1.165, 1.54) is 22.3 Å². The van der Waals surface area contributed by atoms with Crippen LogP contribution in [0, 0.1) is 0 Å². The molecule has 1 aliphatic heterocycles. The fourth-order valence-electron chi connectivity index (χ4n) is 3.47. The third-order valence-corrected chi connectivity index (χ3v) is 4.94. The topological polar surface area (TPSA) is 58.6 Å². The summed E-state index contributed by atoms with van der Waals surface area (Å²) >= 11 is 0. The van der Waals surface area contributed by atoms with Crippen molar-refractivity contribution in [3.05, 3.63) is 59.7 Å². The average molecular weight is 336 g/mol. The summed E-state index contributed by atoms with van der Waals surface area (Å²) in [6.45, 7) is 1.82. The van der Waals surface area contributed by atoms with Gasteiger partial charge >= 0.3 is 6.09 Å². The minimum atomic E-state index is -0.546. The van der Waals surface area contributed by atoms with Crippen LogP contribution in [-0.2, 0) is 9.53 Å². The van der Waals surface area contributed by atoms with Crippen LogP contribution in [0.25, 0.3) is 11.1 Å². The van der Waals surface area contributed by atoms with Crippen LogP contribution < -0.4 is 5.32 Å². The van der Waals surface area contributed by atoms with E-state index in [2.05, 4.69) is 29.6 Å². The number of rotatable bonds is 4. The van der Waals surface area contributed by atoms with Gasteiger partial charge in [-0.2, -0.15) is 0 Å². The largest absolute Gasteiger partial charge is 0.449 e. The molecule has 2 aliphatic rings. The highest BCUT2D eigenvalue weighted by Crippen LogP contribution is 2.44. The van der Waals surface area contributed by atoms with Crippen LogP contribution in [0.4, 0.5) is 4.79 Å². The molecule has 0 unspecified atom stereocenters. The van der Waals surface area contributed by atoms with Gasteiger partial charge in [-0.1, -0.05) is 48.5 Å². The zero-order chi connectivity index (χ0) is 17.2. The molecule has 0 atom stereocenters. The van der Waals surface area contributed by atoms with Crippen LogP contribution in [0.5, 0.6) is 0 Å². The third-order valence-electron chi connectivity index (χ3n) is 4.94. The van der Waals surface area contributed by atoms with Crippen LogP contribution >= 0.6 is 0 Å². The quantitative estimate of drug-likeness (QED) is 0.934. The van der Waals surface area contributed by atoms with Gasteiger partial charge < -0.3 is 15.0 Å². The third kappa shape index (κ3) is 2.97. The van der Waals surface area contributed by atoms with Crippen LogP contribution in [0.15, 0.2) is 48.5 Å². The van der Waals surface area contributed by atoms with Gasteiger partial charge in [-0.05, 0) is 28.7 Å². The lowest BCUT2D eigenvalue weighted by molar-refractivity contribution is -0.133. The Labute approximate surface area is 146 Å². The maximum atomic E-state index is 12.0. The molecular formula is C20H20N2O3. The van der Waals surface area contributed by atoms with E-state index < -0.39 is 6.09 Å². The van der Waals surface area contributed by atoms with E-state index in [1.54, 1.807) is 4.90 Å². The van der Waals surface area contributed by atoms with Crippen molar-refractivity contribution in [3.63, 3.8) is 0 Å². The SMILES string of the molecule is O=C(NCC(=O)N1CCC1)OCC1c2ccccc2-c2ccccc21.